The second kappa shape index (κ2) is 4.63. The molecule has 0 radical (unpaired) electrons. The molecule has 0 aliphatic heterocycles. The summed E-state index contributed by atoms with van der Waals surface area (Å²) in [5.41, 5.74) is -0.798. The molecule has 0 bridgehead atoms. The predicted molar refractivity (Wildman–Crippen MR) is 58.0 cm³/mol. The Hall–Kier alpha value is -1.40. The van der Waals surface area contributed by atoms with Crippen molar-refractivity contribution >= 4 is 5.88 Å². The van der Waals surface area contributed by atoms with Crippen LogP contribution in [0.2, 0.25) is 0 Å². The maximum absolute atomic E-state index is 10.4. The highest BCUT2D eigenvalue weighted by Gasteiger charge is 2.18. The topological polar surface area (TPSA) is 79.8 Å². The summed E-state index contributed by atoms with van der Waals surface area (Å²) in [6, 6.07) is 2.90. The Morgan fingerprint density at radius 1 is 1.56 bits per heavy atom. The number of rotatable bonds is 5. The molecule has 0 saturated carbocycles. The summed E-state index contributed by atoms with van der Waals surface area (Å²) < 4.78 is 5.01. The van der Waals surface area contributed by atoms with Crippen LogP contribution in [-0.4, -0.2) is 34.1 Å². The van der Waals surface area contributed by atoms with Crippen molar-refractivity contribution in [3.05, 3.63) is 28.0 Å². The summed E-state index contributed by atoms with van der Waals surface area (Å²) in [4.78, 5) is 11.7. The number of nitrogens with zero attached hydrogens (tertiary/aromatic N) is 2. The van der Waals surface area contributed by atoms with E-state index in [0.717, 1.165) is 0 Å². The third kappa shape index (κ3) is 4.00. The Morgan fingerprint density at radius 2 is 2.19 bits per heavy atom. The molecule has 0 amide bonds. The molecule has 0 unspecified atom stereocenters. The van der Waals surface area contributed by atoms with Gasteiger partial charge in [0.2, 0.25) is 0 Å². The third-order valence-corrected chi connectivity index (χ3v) is 1.91. The highest BCUT2D eigenvalue weighted by atomic mass is 16.6. The van der Waals surface area contributed by atoms with Gasteiger partial charge in [0.05, 0.1) is 18.2 Å². The van der Waals surface area contributed by atoms with E-state index in [2.05, 4.69) is 0 Å². The van der Waals surface area contributed by atoms with Gasteiger partial charge in [-0.3, -0.25) is 15.0 Å². The van der Waals surface area contributed by atoms with E-state index in [1.165, 1.54) is 6.07 Å². The van der Waals surface area contributed by atoms with Gasteiger partial charge in [-0.25, -0.2) is 0 Å². The van der Waals surface area contributed by atoms with Crippen LogP contribution in [0, 0.1) is 10.1 Å². The highest BCUT2D eigenvalue weighted by molar-refractivity contribution is 5.17. The molecule has 6 nitrogen and oxygen atoms in total. The highest BCUT2D eigenvalue weighted by Crippen LogP contribution is 2.17. The van der Waals surface area contributed by atoms with Gasteiger partial charge >= 0.3 is 5.88 Å². The Kier molecular flexibility index (Phi) is 3.66. The Bertz CT molecular complexity index is 367. The van der Waals surface area contributed by atoms with E-state index in [9.17, 15) is 15.2 Å². The van der Waals surface area contributed by atoms with Crippen LogP contribution in [0.1, 0.15) is 19.6 Å². The molecule has 1 heterocycles. The molecule has 0 aliphatic carbocycles. The van der Waals surface area contributed by atoms with Gasteiger partial charge in [0.25, 0.3) is 0 Å². The lowest BCUT2D eigenvalue weighted by Crippen LogP contribution is -2.35. The number of nitro groups is 1. The zero-order chi connectivity index (χ0) is 12.3. The van der Waals surface area contributed by atoms with Crippen molar-refractivity contribution in [2.75, 3.05) is 13.6 Å². The Balaban J connectivity index is 2.56. The fourth-order valence-electron chi connectivity index (χ4n) is 1.53. The van der Waals surface area contributed by atoms with E-state index < -0.39 is 10.5 Å². The van der Waals surface area contributed by atoms with Crippen molar-refractivity contribution < 1.29 is 14.4 Å². The molecular formula is C10H16N2O4. The summed E-state index contributed by atoms with van der Waals surface area (Å²) >= 11 is 0. The Labute approximate surface area is 93.6 Å². The van der Waals surface area contributed by atoms with Crippen LogP contribution >= 0.6 is 0 Å². The van der Waals surface area contributed by atoms with Gasteiger partial charge in [-0.05, 0) is 27.0 Å². The third-order valence-electron chi connectivity index (χ3n) is 1.91. The molecule has 0 aliphatic rings. The number of hydrogen-bond acceptors (Lipinski definition) is 5. The number of aliphatic hydroxyl groups is 1. The molecule has 90 valence electrons. The van der Waals surface area contributed by atoms with E-state index in [1.54, 1.807) is 19.9 Å². The predicted octanol–water partition coefficient (Wildman–Crippen LogP) is 1.39. The van der Waals surface area contributed by atoms with Gasteiger partial charge < -0.3 is 9.52 Å². The fourth-order valence-corrected chi connectivity index (χ4v) is 1.53. The molecule has 1 N–H and O–H groups in total. The van der Waals surface area contributed by atoms with E-state index in [0.29, 0.717) is 18.8 Å². The maximum atomic E-state index is 10.4. The van der Waals surface area contributed by atoms with E-state index in [4.69, 9.17) is 4.42 Å². The SMILES string of the molecule is CN(Cc1ccc([N+](=O)[O-])o1)CC(C)(C)O. The molecule has 0 atom stereocenters. The first-order chi connectivity index (χ1) is 7.28. The molecular weight excluding hydrogens is 212 g/mol. The zero-order valence-electron chi connectivity index (χ0n) is 9.64. The molecule has 1 rings (SSSR count). The summed E-state index contributed by atoms with van der Waals surface area (Å²) in [5, 5.41) is 20.0. The van der Waals surface area contributed by atoms with Crippen molar-refractivity contribution in [1.82, 2.24) is 4.90 Å². The fraction of sp³-hybridized carbons (Fsp3) is 0.600. The summed E-state index contributed by atoms with van der Waals surface area (Å²) in [6.45, 7) is 4.29. The van der Waals surface area contributed by atoms with E-state index in [1.807, 2.05) is 11.9 Å². The van der Waals surface area contributed by atoms with Crippen LogP contribution in [0.25, 0.3) is 0 Å². The summed E-state index contributed by atoms with van der Waals surface area (Å²) in [7, 11) is 1.81. The minimum atomic E-state index is -0.798. The van der Waals surface area contributed by atoms with E-state index >= 15 is 0 Å². The first-order valence-electron chi connectivity index (χ1n) is 4.92. The van der Waals surface area contributed by atoms with Gasteiger partial charge in [-0.2, -0.15) is 0 Å². The molecule has 0 spiro atoms. The lowest BCUT2D eigenvalue weighted by atomic mass is 10.1. The second-order valence-corrected chi connectivity index (χ2v) is 4.48. The number of hydrogen-bond donors (Lipinski definition) is 1. The van der Waals surface area contributed by atoms with Gasteiger partial charge in [0.1, 0.15) is 10.7 Å². The summed E-state index contributed by atoms with van der Waals surface area (Å²) in [5.74, 6) is 0.255. The maximum Gasteiger partial charge on any atom is 0.433 e. The first kappa shape index (κ1) is 12.7. The summed E-state index contributed by atoms with van der Waals surface area (Å²) in [6.07, 6.45) is 0. The normalized spacial score (nSPS) is 12.1. The smallest absolute Gasteiger partial charge is 0.404 e. The standard InChI is InChI=1S/C10H16N2O4/c1-10(2,13)7-11(3)6-8-4-5-9(16-8)12(14)15/h4-5,13H,6-7H2,1-3H3. The molecule has 0 aromatic carbocycles. The number of furan rings is 1. The van der Waals surface area contributed by atoms with Gasteiger partial charge in [0, 0.05) is 6.54 Å². The van der Waals surface area contributed by atoms with Crippen LogP contribution in [0.4, 0.5) is 5.88 Å². The van der Waals surface area contributed by atoms with Crippen molar-refractivity contribution in [3.8, 4) is 0 Å². The average molecular weight is 228 g/mol. The minimum Gasteiger partial charge on any atom is -0.404 e. The van der Waals surface area contributed by atoms with Gasteiger partial charge in [-0.1, -0.05) is 0 Å². The first-order valence-corrected chi connectivity index (χ1v) is 4.92. The van der Waals surface area contributed by atoms with Crippen molar-refractivity contribution in [2.24, 2.45) is 0 Å². The van der Waals surface area contributed by atoms with Crippen LogP contribution in [0.5, 0.6) is 0 Å². The van der Waals surface area contributed by atoms with Gasteiger partial charge in [-0.15, -0.1) is 0 Å². The minimum absolute atomic E-state index is 0.258. The van der Waals surface area contributed by atoms with Crippen molar-refractivity contribution in [2.45, 2.75) is 26.0 Å². The average Bonchev–Trinajstić information content (AvgIpc) is 2.48. The largest absolute Gasteiger partial charge is 0.433 e. The monoisotopic (exact) mass is 228 g/mol. The molecule has 0 saturated heterocycles. The van der Waals surface area contributed by atoms with E-state index in [-0.39, 0.29) is 5.88 Å². The van der Waals surface area contributed by atoms with Crippen LogP contribution < -0.4 is 0 Å². The van der Waals surface area contributed by atoms with Crippen LogP contribution in [-0.2, 0) is 6.54 Å². The zero-order valence-corrected chi connectivity index (χ0v) is 9.64. The molecule has 16 heavy (non-hydrogen) atoms. The van der Waals surface area contributed by atoms with Crippen LogP contribution in [0.3, 0.4) is 0 Å². The Morgan fingerprint density at radius 3 is 2.62 bits per heavy atom. The molecule has 1 aromatic rings. The lowest BCUT2D eigenvalue weighted by molar-refractivity contribution is -0.402. The van der Waals surface area contributed by atoms with Crippen molar-refractivity contribution in [3.63, 3.8) is 0 Å². The second-order valence-electron chi connectivity index (χ2n) is 4.48. The molecule has 0 fully saturated rings. The lowest BCUT2D eigenvalue weighted by Gasteiger charge is -2.24. The van der Waals surface area contributed by atoms with Crippen molar-refractivity contribution in [1.29, 1.82) is 0 Å². The molecule has 6 heteroatoms. The van der Waals surface area contributed by atoms with Crippen LogP contribution in [0.15, 0.2) is 16.5 Å². The molecule has 1 aromatic heterocycles. The van der Waals surface area contributed by atoms with Gasteiger partial charge in [0.15, 0.2) is 0 Å². The number of likely N-dealkylation sites (N-methyl/N-ethyl adjacent to an activating group) is 1. The quantitative estimate of drug-likeness (QED) is 0.608.